The summed E-state index contributed by atoms with van der Waals surface area (Å²) in [7, 11) is 0. The van der Waals surface area contributed by atoms with Gasteiger partial charge in [0.2, 0.25) is 0 Å². The van der Waals surface area contributed by atoms with Crippen LogP contribution in [-0.4, -0.2) is 16.8 Å². The summed E-state index contributed by atoms with van der Waals surface area (Å²) >= 11 is 12.1. The van der Waals surface area contributed by atoms with Crippen molar-refractivity contribution in [2.45, 2.75) is 19.4 Å². The molecule has 1 aliphatic rings. The number of nitrogens with zero attached hydrogens (tertiary/aromatic N) is 1. The quantitative estimate of drug-likeness (QED) is 0.793. The van der Waals surface area contributed by atoms with Gasteiger partial charge in [0.05, 0.1) is 21.7 Å². The topological polar surface area (TPSA) is 57.6 Å². The molecule has 1 heterocycles. The van der Waals surface area contributed by atoms with Crippen molar-refractivity contribution in [2.24, 2.45) is 0 Å². The third-order valence-corrected chi connectivity index (χ3v) is 4.93. The second-order valence-electron chi connectivity index (χ2n) is 5.77. The summed E-state index contributed by atoms with van der Waals surface area (Å²) in [4.78, 5) is 26.3. The van der Waals surface area contributed by atoms with Gasteiger partial charge in [-0.2, -0.15) is 0 Å². The van der Waals surface area contributed by atoms with Crippen molar-refractivity contribution in [1.29, 1.82) is 0 Å². The van der Waals surface area contributed by atoms with Crippen molar-refractivity contribution >= 4 is 40.6 Å². The van der Waals surface area contributed by atoms with E-state index in [-0.39, 0.29) is 22.8 Å². The van der Waals surface area contributed by atoms with Gasteiger partial charge in [0.25, 0.3) is 5.91 Å². The van der Waals surface area contributed by atoms with Crippen LogP contribution in [0.5, 0.6) is 0 Å². The number of aliphatic hydroxyl groups is 1. The molecule has 0 bridgehead atoms. The maximum atomic E-state index is 13.3. The van der Waals surface area contributed by atoms with E-state index >= 15 is 0 Å². The first-order valence-corrected chi connectivity index (χ1v) is 8.61. The number of halogens is 3. The Bertz CT molecular complexity index is 925. The number of anilines is 1. The number of hydrogen-bond acceptors (Lipinski definition) is 3. The van der Waals surface area contributed by atoms with Gasteiger partial charge in [-0.15, -0.1) is 0 Å². The van der Waals surface area contributed by atoms with Crippen molar-refractivity contribution in [1.82, 2.24) is 0 Å². The van der Waals surface area contributed by atoms with Gasteiger partial charge >= 0.3 is 0 Å². The van der Waals surface area contributed by atoms with E-state index in [9.17, 15) is 19.1 Å². The fraction of sp³-hybridized carbons (Fsp3) is 0.158. The summed E-state index contributed by atoms with van der Waals surface area (Å²) in [6.45, 7) is 1.64. The van der Waals surface area contributed by atoms with Crippen LogP contribution in [0.4, 0.5) is 10.1 Å². The van der Waals surface area contributed by atoms with Crippen LogP contribution in [0.15, 0.2) is 53.8 Å². The number of benzene rings is 2. The second-order valence-corrected chi connectivity index (χ2v) is 6.58. The monoisotopic (exact) mass is 393 g/mol. The maximum absolute atomic E-state index is 13.3. The molecule has 3 rings (SSSR count). The number of carbonyl (C=O) groups is 2. The molecule has 1 N–H and O–H groups in total. The molecular weight excluding hydrogens is 380 g/mol. The molecule has 0 saturated heterocycles. The number of amides is 1. The van der Waals surface area contributed by atoms with Gasteiger partial charge < -0.3 is 5.11 Å². The number of Topliss-reactive ketones (excluding diaryl/α,β-unsaturated/α-hetero) is 1. The van der Waals surface area contributed by atoms with E-state index in [1.54, 1.807) is 25.1 Å². The van der Waals surface area contributed by atoms with Gasteiger partial charge in [-0.05, 0) is 42.0 Å². The Morgan fingerprint density at radius 2 is 1.81 bits per heavy atom. The zero-order valence-electron chi connectivity index (χ0n) is 13.7. The van der Waals surface area contributed by atoms with Crippen LogP contribution in [0.3, 0.4) is 0 Å². The Kier molecular flexibility index (Phi) is 5.03. The molecule has 2 aromatic carbocycles. The molecule has 0 spiro atoms. The molecule has 4 nitrogen and oxygen atoms in total. The normalized spacial score (nSPS) is 17.2. The van der Waals surface area contributed by atoms with E-state index in [0.717, 1.165) is 0 Å². The zero-order valence-corrected chi connectivity index (χ0v) is 15.2. The third-order valence-electron chi connectivity index (χ3n) is 4.19. The van der Waals surface area contributed by atoms with E-state index in [2.05, 4.69) is 0 Å². The lowest BCUT2D eigenvalue weighted by molar-refractivity contribution is -0.118. The average Bonchev–Trinajstić information content (AvgIpc) is 2.89. The Morgan fingerprint density at radius 3 is 2.38 bits per heavy atom. The minimum atomic E-state index is -0.879. The number of carbonyl (C=O) groups excluding carboxylic acids is 2. The fourth-order valence-electron chi connectivity index (χ4n) is 2.95. The summed E-state index contributed by atoms with van der Waals surface area (Å²) in [5, 5.41) is 10.9. The van der Waals surface area contributed by atoms with Gasteiger partial charge in [0, 0.05) is 12.1 Å². The summed E-state index contributed by atoms with van der Waals surface area (Å²) in [5.41, 5.74) is 0.844. The molecule has 26 heavy (non-hydrogen) atoms. The molecule has 1 unspecified atom stereocenters. The highest BCUT2D eigenvalue weighted by Crippen LogP contribution is 2.42. The summed E-state index contributed by atoms with van der Waals surface area (Å²) < 4.78 is 13.3. The first-order chi connectivity index (χ1) is 12.3. The summed E-state index contributed by atoms with van der Waals surface area (Å²) in [6, 6.07) is 9.06. The molecule has 1 aliphatic heterocycles. The minimum Gasteiger partial charge on any atom is -0.503 e. The van der Waals surface area contributed by atoms with Gasteiger partial charge in [0.1, 0.15) is 5.82 Å². The van der Waals surface area contributed by atoms with Crippen LogP contribution in [0.2, 0.25) is 10.0 Å². The predicted molar refractivity (Wildman–Crippen MR) is 98.0 cm³/mol. The standard InChI is InChI=1S/C19H14Cl2FNO3/c1-2-15(24)16-17(10-3-8-13(20)14(21)9-10)23(19(26)18(16)25)12-6-4-11(22)5-7-12/h3-9,17,25H,2H2,1H3. The molecule has 0 radical (unpaired) electrons. The third kappa shape index (κ3) is 3.08. The maximum Gasteiger partial charge on any atom is 0.294 e. The van der Waals surface area contributed by atoms with E-state index in [4.69, 9.17) is 23.2 Å². The van der Waals surface area contributed by atoms with E-state index in [1.807, 2.05) is 0 Å². The van der Waals surface area contributed by atoms with E-state index < -0.39 is 23.5 Å². The average molecular weight is 394 g/mol. The van der Waals surface area contributed by atoms with Crippen LogP contribution in [-0.2, 0) is 9.59 Å². The molecule has 134 valence electrons. The largest absolute Gasteiger partial charge is 0.503 e. The lowest BCUT2D eigenvalue weighted by atomic mass is 9.95. The molecule has 2 aromatic rings. The molecule has 0 saturated carbocycles. The Hall–Kier alpha value is -2.37. The molecule has 0 fully saturated rings. The fourth-order valence-corrected chi connectivity index (χ4v) is 3.25. The Labute approximate surface area is 159 Å². The molecule has 7 heteroatoms. The molecule has 0 aromatic heterocycles. The van der Waals surface area contributed by atoms with Crippen molar-refractivity contribution in [3.05, 3.63) is 75.2 Å². The number of rotatable bonds is 4. The highest BCUT2D eigenvalue weighted by Gasteiger charge is 2.43. The lowest BCUT2D eigenvalue weighted by Gasteiger charge is -2.27. The number of aliphatic hydroxyl groups excluding tert-OH is 1. The number of ketones is 1. The van der Waals surface area contributed by atoms with Crippen molar-refractivity contribution in [2.75, 3.05) is 4.90 Å². The molecular formula is C19H14Cl2FNO3. The molecule has 0 aliphatic carbocycles. The Morgan fingerprint density at radius 1 is 1.15 bits per heavy atom. The van der Waals surface area contributed by atoms with Crippen LogP contribution in [0.25, 0.3) is 0 Å². The van der Waals surface area contributed by atoms with Crippen molar-refractivity contribution < 1.29 is 19.1 Å². The lowest BCUT2D eigenvalue weighted by Crippen LogP contribution is -2.31. The molecule has 1 atom stereocenters. The minimum absolute atomic E-state index is 0.0137. The first-order valence-electron chi connectivity index (χ1n) is 7.85. The zero-order chi connectivity index (χ0) is 19.0. The highest BCUT2D eigenvalue weighted by atomic mass is 35.5. The van der Waals surface area contributed by atoms with Crippen molar-refractivity contribution in [3.63, 3.8) is 0 Å². The van der Waals surface area contributed by atoms with Gasteiger partial charge in [-0.3, -0.25) is 14.5 Å². The van der Waals surface area contributed by atoms with Crippen LogP contribution >= 0.6 is 23.2 Å². The number of hydrogen-bond donors (Lipinski definition) is 1. The van der Waals surface area contributed by atoms with E-state index in [1.165, 1.54) is 29.2 Å². The van der Waals surface area contributed by atoms with Gasteiger partial charge in [-0.1, -0.05) is 36.2 Å². The second kappa shape index (κ2) is 7.09. The first kappa shape index (κ1) is 18.4. The highest BCUT2D eigenvalue weighted by molar-refractivity contribution is 6.42. The molecule has 1 amide bonds. The summed E-state index contributed by atoms with van der Waals surface area (Å²) in [6.07, 6.45) is 0.113. The van der Waals surface area contributed by atoms with Crippen LogP contribution in [0.1, 0.15) is 24.9 Å². The summed E-state index contributed by atoms with van der Waals surface area (Å²) in [5.74, 6) is -2.17. The Balaban J connectivity index is 2.19. The predicted octanol–water partition coefficient (Wildman–Crippen LogP) is 5.01. The smallest absolute Gasteiger partial charge is 0.294 e. The van der Waals surface area contributed by atoms with E-state index in [0.29, 0.717) is 16.3 Å². The van der Waals surface area contributed by atoms with Crippen LogP contribution < -0.4 is 4.90 Å². The SMILES string of the molecule is CCC(=O)C1=C(O)C(=O)N(c2ccc(F)cc2)C1c1ccc(Cl)c(Cl)c1. The van der Waals surface area contributed by atoms with Crippen molar-refractivity contribution in [3.8, 4) is 0 Å². The van der Waals surface area contributed by atoms with Gasteiger partial charge in [0.15, 0.2) is 11.5 Å². The van der Waals surface area contributed by atoms with Crippen LogP contribution in [0, 0.1) is 5.82 Å². The van der Waals surface area contributed by atoms with Gasteiger partial charge in [-0.25, -0.2) is 4.39 Å².